The fraction of sp³-hybridized carbons (Fsp3) is 0.688. The van der Waals surface area contributed by atoms with Crippen molar-refractivity contribution in [2.75, 3.05) is 13.2 Å². The Labute approximate surface area is 127 Å². The van der Waals surface area contributed by atoms with Gasteiger partial charge in [-0.2, -0.15) is 0 Å². The van der Waals surface area contributed by atoms with Crippen molar-refractivity contribution in [3.8, 4) is 5.88 Å². The first-order valence-corrected chi connectivity index (χ1v) is 8.02. The van der Waals surface area contributed by atoms with Crippen molar-refractivity contribution in [1.82, 2.24) is 10.3 Å². The van der Waals surface area contributed by atoms with Crippen LogP contribution in [0.1, 0.15) is 45.2 Å². The second-order valence-corrected chi connectivity index (χ2v) is 6.44. The van der Waals surface area contributed by atoms with Gasteiger partial charge in [-0.1, -0.05) is 44.7 Å². The molecule has 20 heavy (non-hydrogen) atoms. The zero-order valence-electron chi connectivity index (χ0n) is 12.5. The second kappa shape index (κ2) is 7.84. The van der Waals surface area contributed by atoms with Crippen LogP contribution < -0.4 is 10.1 Å². The molecule has 1 saturated carbocycles. The van der Waals surface area contributed by atoms with Gasteiger partial charge in [0.2, 0.25) is 5.88 Å². The molecule has 0 radical (unpaired) electrons. The Balaban J connectivity index is 1.79. The zero-order valence-corrected chi connectivity index (χ0v) is 13.2. The lowest BCUT2D eigenvalue weighted by Gasteiger charge is -2.24. The highest BCUT2D eigenvalue weighted by Gasteiger charge is 2.17. The van der Waals surface area contributed by atoms with Gasteiger partial charge < -0.3 is 10.1 Å². The van der Waals surface area contributed by atoms with Crippen LogP contribution in [-0.2, 0) is 6.54 Å². The third-order valence-electron chi connectivity index (χ3n) is 3.74. The summed E-state index contributed by atoms with van der Waals surface area (Å²) in [6.07, 6.45) is 5.25. The molecule has 0 amide bonds. The highest BCUT2D eigenvalue weighted by atomic mass is 35.5. The van der Waals surface area contributed by atoms with E-state index in [-0.39, 0.29) is 0 Å². The van der Waals surface area contributed by atoms with Crippen molar-refractivity contribution in [3.05, 3.63) is 22.8 Å². The summed E-state index contributed by atoms with van der Waals surface area (Å²) in [6.45, 7) is 6.78. The first-order chi connectivity index (χ1) is 9.65. The molecule has 2 rings (SSSR count). The monoisotopic (exact) mass is 296 g/mol. The molecule has 0 aromatic carbocycles. The van der Waals surface area contributed by atoms with E-state index in [0.29, 0.717) is 23.4 Å². The Bertz CT molecular complexity index is 419. The van der Waals surface area contributed by atoms with Crippen LogP contribution in [0.2, 0.25) is 5.02 Å². The minimum absolute atomic E-state index is 0.621. The van der Waals surface area contributed by atoms with E-state index < -0.39 is 0 Å². The Hall–Kier alpha value is -0.800. The smallest absolute Gasteiger partial charge is 0.213 e. The summed E-state index contributed by atoms with van der Waals surface area (Å²) in [6, 6.07) is 3.73. The summed E-state index contributed by atoms with van der Waals surface area (Å²) in [7, 11) is 0. The summed E-state index contributed by atoms with van der Waals surface area (Å²) >= 11 is 6.17. The van der Waals surface area contributed by atoms with Crippen LogP contribution in [0, 0.1) is 11.8 Å². The maximum atomic E-state index is 6.17. The predicted octanol–water partition coefficient (Wildman–Crippen LogP) is 4.05. The van der Waals surface area contributed by atoms with Gasteiger partial charge in [0.25, 0.3) is 0 Å². The molecule has 0 atom stereocenters. The summed E-state index contributed by atoms with van der Waals surface area (Å²) in [5.41, 5.74) is 0.869. The van der Waals surface area contributed by atoms with E-state index in [1.165, 1.54) is 19.3 Å². The molecule has 1 N–H and O–H groups in total. The van der Waals surface area contributed by atoms with Crippen molar-refractivity contribution in [1.29, 1.82) is 0 Å². The number of aromatic nitrogens is 1. The fourth-order valence-corrected chi connectivity index (χ4v) is 2.43. The molecule has 1 aromatic rings. The van der Waals surface area contributed by atoms with Crippen LogP contribution in [0.4, 0.5) is 0 Å². The predicted molar refractivity (Wildman–Crippen MR) is 83.2 cm³/mol. The second-order valence-electron chi connectivity index (χ2n) is 6.04. The van der Waals surface area contributed by atoms with Gasteiger partial charge in [0.1, 0.15) is 0 Å². The quantitative estimate of drug-likeness (QED) is 0.786. The topological polar surface area (TPSA) is 34.2 Å². The third-order valence-corrected chi connectivity index (χ3v) is 4.08. The van der Waals surface area contributed by atoms with Gasteiger partial charge in [-0.15, -0.1) is 0 Å². The van der Waals surface area contributed by atoms with Gasteiger partial charge in [0, 0.05) is 12.6 Å². The molecule has 1 aliphatic rings. The molecule has 0 unspecified atom stereocenters. The van der Waals surface area contributed by atoms with Crippen molar-refractivity contribution in [3.63, 3.8) is 0 Å². The van der Waals surface area contributed by atoms with E-state index in [4.69, 9.17) is 16.3 Å². The summed E-state index contributed by atoms with van der Waals surface area (Å²) in [4.78, 5) is 4.49. The average Bonchev–Trinajstić information content (AvgIpc) is 2.35. The van der Waals surface area contributed by atoms with Gasteiger partial charge >= 0.3 is 0 Å². The number of rotatable bonds is 8. The van der Waals surface area contributed by atoms with Gasteiger partial charge in [0.05, 0.1) is 17.3 Å². The number of hydrogen-bond acceptors (Lipinski definition) is 3. The number of hydrogen-bond donors (Lipinski definition) is 1. The van der Waals surface area contributed by atoms with E-state index in [1.807, 2.05) is 12.1 Å². The number of pyridine rings is 1. The van der Waals surface area contributed by atoms with Crippen molar-refractivity contribution in [2.24, 2.45) is 11.8 Å². The SMILES string of the molecule is CC(C)CNCc1nc(OCCC2CCC2)ccc1Cl. The van der Waals surface area contributed by atoms with Crippen LogP contribution in [0.3, 0.4) is 0 Å². The van der Waals surface area contributed by atoms with Crippen molar-refractivity contribution in [2.45, 2.75) is 46.1 Å². The van der Waals surface area contributed by atoms with Gasteiger partial charge in [-0.3, -0.25) is 0 Å². The Kier molecular flexibility index (Phi) is 6.11. The van der Waals surface area contributed by atoms with E-state index in [9.17, 15) is 0 Å². The molecule has 4 heteroatoms. The van der Waals surface area contributed by atoms with E-state index >= 15 is 0 Å². The van der Waals surface area contributed by atoms with Crippen LogP contribution in [0.15, 0.2) is 12.1 Å². The van der Waals surface area contributed by atoms with Crippen molar-refractivity contribution < 1.29 is 4.74 Å². The molecule has 3 nitrogen and oxygen atoms in total. The molecule has 1 aromatic heterocycles. The average molecular weight is 297 g/mol. The molecular weight excluding hydrogens is 272 g/mol. The van der Waals surface area contributed by atoms with Gasteiger partial charge in [-0.05, 0) is 30.9 Å². The molecule has 0 bridgehead atoms. The minimum atomic E-state index is 0.621. The van der Waals surface area contributed by atoms with Crippen LogP contribution in [-0.4, -0.2) is 18.1 Å². The molecule has 0 aliphatic heterocycles. The first-order valence-electron chi connectivity index (χ1n) is 7.64. The van der Waals surface area contributed by atoms with E-state index in [2.05, 4.69) is 24.1 Å². The first kappa shape index (κ1) is 15.6. The molecule has 1 heterocycles. The minimum Gasteiger partial charge on any atom is -0.478 e. The largest absolute Gasteiger partial charge is 0.478 e. The van der Waals surface area contributed by atoms with Crippen LogP contribution in [0.25, 0.3) is 0 Å². The summed E-state index contributed by atoms with van der Waals surface area (Å²) in [5, 5.41) is 4.06. The molecule has 1 fully saturated rings. The number of ether oxygens (including phenoxy) is 1. The number of halogens is 1. The standard InChI is InChI=1S/C16H25ClN2O/c1-12(2)10-18-11-15-14(17)6-7-16(19-15)20-9-8-13-4-3-5-13/h6-7,12-13,18H,3-5,8-11H2,1-2H3. The van der Waals surface area contributed by atoms with E-state index in [1.54, 1.807) is 0 Å². The maximum Gasteiger partial charge on any atom is 0.213 e. The fourth-order valence-electron chi connectivity index (χ4n) is 2.26. The van der Waals surface area contributed by atoms with Crippen molar-refractivity contribution >= 4 is 11.6 Å². The molecule has 0 spiro atoms. The highest BCUT2D eigenvalue weighted by Crippen LogP contribution is 2.29. The number of nitrogens with one attached hydrogen (secondary N) is 1. The lowest BCUT2D eigenvalue weighted by Crippen LogP contribution is -2.20. The Morgan fingerprint density at radius 3 is 2.85 bits per heavy atom. The molecule has 0 saturated heterocycles. The number of nitrogens with zero attached hydrogens (tertiary/aromatic N) is 1. The maximum absolute atomic E-state index is 6.17. The molecule has 112 valence electrons. The van der Waals surface area contributed by atoms with Gasteiger partial charge in [0.15, 0.2) is 0 Å². The summed E-state index contributed by atoms with van der Waals surface area (Å²) in [5.74, 6) is 2.18. The Morgan fingerprint density at radius 1 is 1.40 bits per heavy atom. The Morgan fingerprint density at radius 2 is 2.20 bits per heavy atom. The highest BCUT2D eigenvalue weighted by molar-refractivity contribution is 6.31. The zero-order chi connectivity index (χ0) is 14.4. The molecular formula is C16H25ClN2O. The lowest BCUT2D eigenvalue weighted by molar-refractivity contribution is 0.217. The van der Waals surface area contributed by atoms with Crippen LogP contribution in [0.5, 0.6) is 5.88 Å². The normalized spacial score (nSPS) is 15.4. The third kappa shape index (κ3) is 4.95. The van der Waals surface area contributed by atoms with E-state index in [0.717, 1.165) is 31.2 Å². The molecule has 1 aliphatic carbocycles. The van der Waals surface area contributed by atoms with Crippen LogP contribution >= 0.6 is 11.6 Å². The summed E-state index contributed by atoms with van der Waals surface area (Å²) < 4.78 is 5.74. The van der Waals surface area contributed by atoms with Gasteiger partial charge in [-0.25, -0.2) is 4.98 Å². The lowest BCUT2D eigenvalue weighted by atomic mass is 9.83.